The fourth-order valence-electron chi connectivity index (χ4n) is 2.16. The molecule has 0 atom stereocenters. The van der Waals surface area contributed by atoms with Crippen LogP contribution in [0.5, 0.6) is 0 Å². The third-order valence-electron chi connectivity index (χ3n) is 3.15. The lowest BCUT2D eigenvalue weighted by Crippen LogP contribution is -2.11. The molecular weight excluding hydrogens is 287 g/mol. The van der Waals surface area contributed by atoms with Crippen LogP contribution in [0, 0.1) is 5.82 Å². The second-order valence-corrected chi connectivity index (χ2v) is 4.67. The zero-order valence-electron chi connectivity index (χ0n) is 11.7. The number of nitrogens with one attached hydrogen (secondary N) is 2. The number of benzene rings is 2. The Bertz CT molecular complexity index is 860. The van der Waals surface area contributed by atoms with Crippen molar-refractivity contribution in [1.29, 1.82) is 0 Å². The molecule has 0 bridgehead atoms. The van der Waals surface area contributed by atoms with Crippen molar-refractivity contribution in [3.05, 3.63) is 42.2 Å². The number of H-pyrrole nitrogens is 1. The van der Waals surface area contributed by atoms with Crippen LogP contribution in [0.1, 0.15) is 0 Å². The minimum absolute atomic E-state index is 0.348. The molecule has 0 unspecified atom stereocenters. The van der Waals surface area contributed by atoms with Gasteiger partial charge >= 0.3 is 6.09 Å². The normalized spacial score (nSPS) is 10.6. The first-order valence-corrected chi connectivity index (χ1v) is 6.47. The Hall–Kier alpha value is -3.09. The summed E-state index contributed by atoms with van der Waals surface area (Å²) in [6.45, 7) is 0. The molecule has 0 aliphatic rings. The smallest absolute Gasteiger partial charge is 0.411 e. The highest BCUT2D eigenvalue weighted by atomic mass is 19.1. The predicted octanol–water partition coefficient (Wildman–Crippen LogP) is 3.13. The first kappa shape index (κ1) is 13.9. The number of fused-ring (bicyclic) bond motifs is 1. The molecule has 4 N–H and O–H groups in total. The number of halogens is 1. The van der Waals surface area contributed by atoms with Crippen LogP contribution in [0.15, 0.2) is 36.4 Å². The number of ether oxygens (including phenoxy) is 1. The fourth-order valence-corrected chi connectivity index (χ4v) is 2.16. The van der Waals surface area contributed by atoms with E-state index in [1.54, 1.807) is 24.3 Å². The summed E-state index contributed by atoms with van der Waals surface area (Å²) in [5, 5.41) is 2.53. The lowest BCUT2D eigenvalue weighted by Gasteiger charge is -2.04. The van der Waals surface area contributed by atoms with E-state index >= 15 is 0 Å². The number of hydrogen-bond donors (Lipinski definition) is 3. The van der Waals surface area contributed by atoms with Gasteiger partial charge in [-0.25, -0.2) is 14.2 Å². The van der Waals surface area contributed by atoms with Crippen LogP contribution in [0.2, 0.25) is 0 Å². The standard InChI is InChI=1S/C15H13FN4O2/c1-22-15(21)18-10-6-11(17)13-12(7-10)19-14(20-13)8-3-2-4-9(16)5-8/h2-7H,17H2,1H3,(H,18,21)(H,19,20). The number of anilines is 2. The van der Waals surface area contributed by atoms with Gasteiger partial charge in [0.1, 0.15) is 17.2 Å². The van der Waals surface area contributed by atoms with Crippen LogP contribution in [0.3, 0.4) is 0 Å². The van der Waals surface area contributed by atoms with Gasteiger partial charge in [0.05, 0.1) is 18.3 Å². The van der Waals surface area contributed by atoms with Crippen LogP contribution in [-0.2, 0) is 4.74 Å². The van der Waals surface area contributed by atoms with E-state index in [-0.39, 0.29) is 5.82 Å². The molecule has 0 saturated heterocycles. The minimum Gasteiger partial charge on any atom is -0.453 e. The number of methoxy groups -OCH3 is 1. The molecule has 0 aliphatic carbocycles. The van der Waals surface area contributed by atoms with Gasteiger partial charge in [-0.1, -0.05) is 12.1 Å². The maximum atomic E-state index is 13.3. The zero-order chi connectivity index (χ0) is 15.7. The molecule has 2 aromatic carbocycles. The lowest BCUT2D eigenvalue weighted by molar-refractivity contribution is 0.187. The molecule has 1 amide bonds. The molecule has 22 heavy (non-hydrogen) atoms. The van der Waals surface area contributed by atoms with Gasteiger partial charge in [0, 0.05) is 11.3 Å². The number of imidazole rings is 1. The van der Waals surface area contributed by atoms with Gasteiger partial charge < -0.3 is 15.5 Å². The molecule has 3 aromatic rings. The summed E-state index contributed by atoms with van der Waals surface area (Å²) in [6.07, 6.45) is -0.594. The molecule has 0 fully saturated rings. The van der Waals surface area contributed by atoms with E-state index in [1.807, 2.05) is 0 Å². The Kier molecular flexibility index (Phi) is 3.38. The van der Waals surface area contributed by atoms with Crippen molar-refractivity contribution in [2.24, 2.45) is 0 Å². The minimum atomic E-state index is -0.594. The van der Waals surface area contributed by atoms with Gasteiger partial charge in [-0.3, -0.25) is 5.32 Å². The number of rotatable bonds is 2. The number of amides is 1. The van der Waals surface area contributed by atoms with Gasteiger partial charge in [0.25, 0.3) is 0 Å². The molecule has 6 nitrogen and oxygen atoms in total. The third kappa shape index (κ3) is 2.56. The monoisotopic (exact) mass is 300 g/mol. The second-order valence-electron chi connectivity index (χ2n) is 4.67. The number of aromatic nitrogens is 2. The Morgan fingerprint density at radius 2 is 2.18 bits per heavy atom. The average molecular weight is 300 g/mol. The predicted molar refractivity (Wildman–Crippen MR) is 81.9 cm³/mol. The van der Waals surface area contributed by atoms with Gasteiger partial charge in [-0.2, -0.15) is 0 Å². The molecule has 0 radical (unpaired) electrons. The lowest BCUT2D eigenvalue weighted by atomic mass is 10.2. The van der Waals surface area contributed by atoms with Crippen LogP contribution < -0.4 is 11.1 Å². The summed E-state index contributed by atoms with van der Waals surface area (Å²) in [4.78, 5) is 18.7. The highest BCUT2D eigenvalue weighted by molar-refractivity contribution is 5.95. The molecule has 0 spiro atoms. The van der Waals surface area contributed by atoms with E-state index in [9.17, 15) is 9.18 Å². The van der Waals surface area contributed by atoms with Crippen molar-refractivity contribution in [3.8, 4) is 11.4 Å². The van der Waals surface area contributed by atoms with E-state index in [0.29, 0.717) is 33.8 Å². The van der Waals surface area contributed by atoms with Crippen LogP contribution in [0.25, 0.3) is 22.4 Å². The number of hydrogen-bond acceptors (Lipinski definition) is 4. The topological polar surface area (TPSA) is 93.0 Å². The number of carbonyl (C=O) groups is 1. The molecular formula is C15H13FN4O2. The Morgan fingerprint density at radius 1 is 1.36 bits per heavy atom. The van der Waals surface area contributed by atoms with Crippen LogP contribution >= 0.6 is 0 Å². The summed E-state index contributed by atoms with van der Waals surface area (Å²) >= 11 is 0. The summed E-state index contributed by atoms with van der Waals surface area (Å²) in [5.41, 5.74) is 8.61. The van der Waals surface area contributed by atoms with Crippen LogP contribution in [0.4, 0.5) is 20.6 Å². The van der Waals surface area contributed by atoms with E-state index in [0.717, 1.165) is 0 Å². The highest BCUT2D eigenvalue weighted by Gasteiger charge is 2.11. The van der Waals surface area contributed by atoms with Crippen LogP contribution in [-0.4, -0.2) is 23.2 Å². The molecule has 7 heteroatoms. The first-order chi connectivity index (χ1) is 10.6. The fraction of sp³-hybridized carbons (Fsp3) is 0.0667. The van der Waals surface area contributed by atoms with E-state index < -0.39 is 6.09 Å². The quantitative estimate of drug-likeness (QED) is 0.634. The number of nitrogens with two attached hydrogens (primary N) is 1. The van der Waals surface area contributed by atoms with Crippen molar-refractivity contribution < 1.29 is 13.9 Å². The van der Waals surface area contributed by atoms with Crippen molar-refractivity contribution in [1.82, 2.24) is 9.97 Å². The largest absolute Gasteiger partial charge is 0.453 e. The molecule has 1 heterocycles. The average Bonchev–Trinajstić information content (AvgIpc) is 2.92. The molecule has 112 valence electrons. The van der Waals surface area contributed by atoms with Gasteiger partial charge in [-0.15, -0.1) is 0 Å². The zero-order valence-corrected chi connectivity index (χ0v) is 11.7. The Morgan fingerprint density at radius 3 is 2.91 bits per heavy atom. The van der Waals surface area contributed by atoms with Crippen molar-refractivity contribution in [2.45, 2.75) is 0 Å². The summed E-state index contributed by atoms with van der Waals surface area (Å²) in [5.74, 6) is 0.149. The third-order valence-corrected chi connectivity index (χ3v) is 3.15. The number of nitrogen functional groups attached to an aromatic ring is 1. The highest BCUT2D eigenvalue weighted by Crippen LogP contribution is 2.28. The molecule has 1 aromatic heterocycles. The van der Waals surface area contributed by atoms with E-state index in [4.69, 9.17) is 5.73 Å². The summed E-state index contributed by atoms with van der Waals surface area (Å²) in [6, 6.07) is 9.34. The number of aromatic amines is 1. The van der Waals surface area contributed by atoms with E-state index in [2.05, 4.69) is 20.0 Å². The van der Waals surface area contributed by atoms with Crippen molar-refractivity contribution >= 4 is 28.5 Å². The SMILES string of the molecule is COC(=O)Nc1cc(N)c2nc(-c3cccc(F)c3)[nH]c2c1. The molecule has 3 rings (SSSR count). The molecule has 0 aliphatic heterocycles. The Labute approximate surface area is 125 Å². The summed E-state index contributed by atoms with van der Waals surface area (Å²) < 4.78 is 17.8. The summed E-state index contributed by atoms with van der Waals surface area (Å²) in [7, 11) is 1.27. The number of nitrogens with zero attached hydrogens (tertiary/aromatic N) is 1. The van der Waals surface area contributed by atoms with E-state index in [1.165, 1.54) is 19.2 Å². The van der Waals surface area contributed by atoms with Crippen molar-refractivity contribution in [3.63, 3.8) is 0 Å². The first-order valence-electron chi connectivity index (χ1n) is 6.47. The van der Waals surface area contributed by atoms with Gasteiger partial charge in [0.2, 0.25) is 0 Å². The maximum absolute atomic E-state index is 13.3. The van der Waals surface area contributed by atoms with Gasteiger partial charge in [-0.05, 0) is 24.3 Å². The van der Waals surface area contributed by atoms with Crippen molar-refractivity contribution in [2.75, 3.05) is 18.2 Å². The number of carbonyl (C=O) groups excluding carboxylic acids is 1. The maximum Gasteiger partial charge on any atom is 0.411 e. The van der Waals surface area contributed by atoms with Gasteiger partial charge in [0.15, 0.2) is 0 Å². The second kappa shape index (κ2) is 5.36. The molecule has 0 saturated carbocycles. The Balaban J connectivity index is 2.06.